The van der Waals surface area contributed by atoms with Crippen molar-refractivity contribution in [1.82, 2.24) is 20.9 Å². The van der Waals surface area contributed by atoms with Gasteiger partial charge in [-0.05, 0) is 74.8 Å². The first-order valence-corrected chi connectivity index (χ1v) is 13.9. The molecule has 216 valence electrons. The van der Waals surface area contributed by atoms with Crippen LogP contribution in [0.4, 0.5) is 8.78 Å². The van der Waals surface area contributed by atoms with Gasteiger partial charge < -0.3 is 25.6 Å². The van der Waals surface area contributed by atoms with Gasteiger partial charge in [0.25, 0.3) is 0 Å². The highest BCUT2D eigenvalue weighted by molar-refractivity contribution is 5.93. The normalized spacial score (nSPS) is 25.6. The summed E-state index contributed by atoms with van der Waals surface area (Å²) in [4.78, 5) is 41.5. The molecule has 0 spiro atoms. The number of halogens is 2. The maximum atomic E-state index is 14.0. The molecule has 1 fully saturated rings. The van der Waals surface area contributed by atoms with Gasteiger partial charge in [0.1, 0.15) is 36.1 Å². The molecule has 3 amide bonds. The maximum absolute atomic E-state index is 14.0. The third-order valence-corrected chi connectivity index (χ3v) is 7.64. The van der Waals surface area contributed by atoms with Crippen LogP contribution in [0.2, 0.25) is 0 Å². The van der Waals surface area contributed by atoms with E-state index in [0.717, 1.165) is 18.4 Å². The van der Waals surface area contributed by atoms with Gasteiger partial charge in [-0.15, -0.1) is 0 Å². The molecule has 1 saturated carbocycles. The molecule has 4 atom stereocenters. The molecule has 10 heteroatoms. The number of fused-ring (bicyclic) bond motifs is 1. The van der Waals surface area contributed by atoms with Gasteiger partial charge in [0, 0.05) is 32.1 Å². The first-order valence-electron chi connectivity index (χ1n) is 13.9. The molecule has 2 aliphatic rings. The number of ether oxygens (including phenoxy) is 1. The maximum Gasteiger partial charge on any atom is 0.243 e. The van der Waals surface area contributed by atoms with Crippen LogP contribution in [0.15, 0.2) is 42.5 Å². The van der Waals surface area contributed by atoms with Crippen LogP contribution in [0.25, 0.3) is 0 Å². The SMILES string of the molecule is C[C@@H]1C(=O)N[C@H](Cc2ccc(F)cc2)C(=O)N[C@@H](C)CCc2ccc(F)cc2OCCN[C@@H](C2CC2)C(=O)N1C. The Morgan fingerprint density at radius 2 is 1.62 bits per heavy atom. The van der Waals surface area contributed by atoms with E-state index in [0.29, 0.717) is 30.7 Å². The van der Waals surface area contributed by atoms with Gasteiger partial charge in [0.2, 0.25) is 17.7 Å². The zero-order valence-corrected chi connectivity index (χ0v) is 23.2. The molecule has 3 N–H and O–H groups in total. The molecular formula is C30H38F2N4O4. The van der Waals surface area contributed by atoms with E-state index in [-0.39, 0.29) is 36.8 Å². The van der Waals surface area contributed by atoms with Crippen molar-refractivity contribution >= 4 is 17.7 Å². The zero-order valence-electron chi connectivity index (χ0n) is 23.2. The Hall–Kier alpha value is -3.53. The molecule has 0 radical (unpaired) electrons. The number of carbonyl (C=O) groups excluding carboxylic acids is 3. The number of nitrogens with one attached hydrogen (secondary N) is 3. The highest BCUT2D eigenvalue weighted by atomic mass is 19.1. The molecule has 1 aliphatic carbocycles. The summed E-state index contributed by atoms with van der Waals surface area (Å²) in [7, 11) is 1.58. The number of hydrogen-bond acceptors (Lipinski definition) is 5. The number of amides is 3. The van der Waals surface area contributed by atoms with Crippen molar-refractivity contribution < 1.29 is 27.9 Å². The number of nitrogens with zero attached hydrogens (tertiary/aromatic N) is 1. The molecule has 0 unspecified atom stereocenters. The Balaban J connectivity index is 1.58. The van der Waals surface area contributed by atoms with Crippen LogP contribution < -0.4 is 20.7 Å². The Morgan fingerprint density at radius 1 is 0.925 bits per heavy atom. The summed E-state index contributed by atoms with van der Waals surface area (Å²) in [6.45, 7) is 4.10. The fraction of sp³-hybridized carbons (Fsp3) is 0.500. The van der Waals surface area contributed by atoms with Gasteiger partial charge in [-0.3, -0.25) is 14.4 Å². The van der Waals surface area contributed by atoms with E-state index in [1.807, 2.05) is 6.92 Å². The highest BCUT2D eigenvalue weighted by Crippen LogP contribution is 2.33. The second kappa shape index (κ2) is 13.2. The molecule has 2 aromatic carbocycles. The van der Waals surface area contributed by atoms with Crippen LogP contribution >= 0.6 is 0 Å². The lowest BCUT2D eigenvalue weighted by atomic mass is 10.0. The molecule has 0 saturated heterocycles. The largest absolute Gasteiger partial charge is 0.492 e. The van der Waals surface area contributed by atoms with Crippen LogP contribution in [-0.2, 0) is 27.2 Å². The minimum atomic E-state index is -0.938. The van der Waals surface area contributed by atoms with Gasteiger partial charge in [-0.1, -0.05) is 18.2 Å². The van der Waals surface area contributed by atoms with E-state index < -0.39 is 35.7 Å². The van der Waals surface area contributed by atoms with Crippen molar-refractivity contribution in [2.24, 2.45) is 5.92 Å². The summed E-state index contributed by atoms with van der Waals surface area (Å²) in [6, 6.07) is 7.65. The third kappa shape index (κ3) is 7.78. The van der Waals surface area contributed by atoms with Crippen molar-refractivity contribution in [1.29, 1.82) is 0 Å². The Kier molecular flexibility index (Phi) is 9.73. The zero-order chi connectivity index (χ0) is 28.8. The van der Waals surface area contributed by atoms with Gasteiger partial charge in [0.15, 0.2) is 0 Å². The number of likely N-dealkylation sites (N-methyl/N-ethyl adjacent to an activating group) is 1. The van der Waals surface area contributed by atoms with Crippen LogP contribution in [0, 0.1) is 17.6 Å². The van der Waals surface area contributed by atoms with E-state index in [9.17, 15) is 23.2 Å². The fourth-order valence-corrected chi connectivity index (χ4v) is 4.86. The van der Waals surface area contributed by atoms with Crippen LogP contribution in [0.3, 0.4) is 0 Å². The molecule has 2 aromatic rings. The summed E-state index contributed by atoms with van der Waals surface area (Å²) in [5.74, 6) is -1.27. The van der Waals surface area contributed by atoms with E-state index in [2.05, 4.69) is 16.0 Å². The molecule has 8 nitrogen and oxygen atoms in total. The predicted octanol–water partition coefficient (Wildman–Crippen LogP) is 2.74. The predicted molar refractivity (Wildman–Crippen MR) is 147 cm³/mol. The van der Waals surface area contributed by atoms with Crippen molar-refractivity contribution in [2.75, 3.05) is 20.2 Å². The summed E-state index contributed by atoms with van der Waals surface area (Å²) < 4.78 is 33.4. The Labute approximate surface area is 233 Å². The lowest BCUT2D eigenvalue weighted by molar-refractivity contribution is -0.141. The Morgan fingerprint density at radius 3 is 2.33 bits per heavy atom. The quantitative estimate of drug-likeness (QED) is 0.540. The lowest BCUT2D eigenvalue weighted by Crippen LogP contribution is -2.57. The van der Waals surface area contributed by atoms with Crippen molar-refractivity contribution in [3.05, 3.63) is 65.2 Å². The minimum Gasteiger partial charge on any atom is -0.492 e. The number of aryl methyl sites for hydroxylation is 1. The molecule has 4 rings (SSSR count). The number of hydrogen-bond donors (Lipinski definition) is 3. The monoisotopic (exact) mass is 556 g/mol. The number of carbonyl (C=O) groups is 3. The second-order valence-electron chi connectivity index (χ2n) is 10.8. The second-order valence-corrected chi connectivity index (χ2v) is 10.8. The van der Waals surface area contributed by atoms with Crippen LogP contribution in [0.1, 0.15) is 44.2 Å². The minimum absolute atomic E-state index is 0.150. The molecular weight excluding hydrogens is 518 g/mol. The lowest BCUT2D eigenvalue weighted by Gasteiger charge is -2.30. The van der Waals surface area contributed by atoms with Crippen molar-refractivity contribution in [2.45, 2.75) is 70.1 Å². The van der Waals surface area contributed by atoms with E-state index in [1.165, 1.54) is 29.2 Å². The van der Waals surface area contributed by atoms with Crippen LogP contribution in [0.5, 0.6) is 5.75 Å². The standard InChI is InChI=1S/C30H38F2N4O4/c1-18-4-7-21-10-13-24(32)17-26(21)40-15-14-33-27(22-8-9-22)30(39)36(3)19(2)28(37)35-25(29(38)34-18)16-20-5-11-23(31)12-6-20/h5-6,10-13,17-19,22,25,27,33H,4,7-9,14-16H2,1-3H3,(H,34,38)(H,35,37)/t18-,19+,25+,27-/m0/s1. The molecule has 1 aliphatic heterocycles. The number of benzene rings is 2. The van der Waals surface area contributed by atoms with E-state index >= 15 is 0 Å². The van der Waals surface area contributed by atoms with Crippen molar-refractivity contribution in [3.63, 3.8) is 0 Å². The fourth-order valence-electron chi connectivity index (χ4n) is 4.86. The van der Waals surface area contributed by atoms with Gasteiger partial charge >= 0.3 is 0 Å². The highest BCUT2D eigenvalue weighted by Gasteiger charge is 2.39. The summed E-state index contributed by atoms with van der Waals surface area (Å²) in [5.41, 5.74) is 1.49. The third-order valence-electron chi connectivity index (χ3n) is 7.64. The van der Waals surface area contributed by atoms with Gasteiger partial charge in [-0.2, -0.15) is 0 Å². The molecule has 40 heavy (non-hydrogen) atoms. The summed E-state index contributed by atoms with van der Waals surface area (Å²) in [5, 5.41) is 9.05. The van der Waals surface area contributed by atoms with E-state index in [4.69, 9.17) is 4.74 Å². The van der Waals surface area contributed by atoms with Crippen LogP contribution in [-0.4, -0.2) is 67.0 Å². The number of rotatable bonds is 3. The summed E-state index contributed by atoms with van der Waals surface area (Å²) in [6.07, 6.45) is 3.05. The van der Waals surface area contributed by atoms with Crippen molar-refractivity contribution in [3.8, 4) is 5.75 Å². The smallest absolute Gasteiger partial charge is 0.243 e. The first-order chi connectivity index (χ1) is 19.1. The molecule has 1 heterocycles. The average molecular weight is 557 g/mol. The topological polar surface area (TPSA) is 99.8 Å². The van der Waals surface area contributed by atoms with Gasteiger partial charge in [0.05, 0.1) is 6.04 Å². The van der Waals surface area contributed by atoms with Gasteiger partial charge in [-0.25, -0.2) is 8.78 Å². The average Bonchev–Trinajstić information content (AvgIpc) is 3.77. The van der Waals surface area contributed by atoms with E-state index in [1.54, 1.807) is 32.2 Å². The Bertz CT molecular complexity index is 1200. The molecule has 0 bridgehead atoms. The molecule has 0 aromatic heterocycles. The summed E-state index contributed by atoms with van der Waals surface area (Å²) >= 11 is 0. The first kappa shape index (κ1) is 29.5.